The van der Waals surface area contributed by atoms with Crippen LogP contribution in [0.4, 0.5) is 0 Å². The zero-order valence-corrected chi connectivity index (χ0v) is 30.9. The third-order valence-electron chi connectivity index (χ3n) is 15.7. The molecule has 9 aliphatic carbocycles. The van der Waals surface area contributed by atoms with Gasteiger partial charge < -0.3 is 9.47 Å². The van der Waals surface area contributed by atoms with E-state index in [2.05, 4.69) is 11.8 Å². The smallest absolute Gasteiger partial charge is 0.306 e. The number of rotatable bonds is 12. The van der Waals surface area contributed by atoms with Gasteiger partial charge in [0.15, 0.2) is 0 Å². The SMILES string of the molecule is O=C(CCSC1CC2CC1C1CC(S)CC21)OCC1CC2C3CC(COC(=O)CCSC4CC5C6CC(S)C(C6)C5C4)C(C3)C2C1. The minimum Gasteiger partial charge on any atom is -0.465 e. The highest BCUT2D eigenvalue weighted by molar-refractivity contribution is 8.00. The number of carbonyl (C=O) groups excluding carboxylic acids is 2. The minimum atomic E-state index is 0.0157. The highest BCUT2D eigenvalue weighted by Gasteiger charge is 2.57. The van der Waals surface area contributed by atoms with Crippen LogP contribution < -0.4 is 0 Å². The first kappa shape index (κ1) is 32.3. The second-order valence-corrected chi connectivity index (χ2v) is 21.8. The second kappa shape index (κ2) is 13.1. The molecule has 0 aliphatic heterocycles. The largest absolute Gasteiger partial charge is 0.465 e. The molecule has 0 spiro atoms. The molecule has 6 bridgehead atoms. The highest BCUT2D eigenvalue weighted by atomic mass is 32.2. The number of thioether (sulfide) groups is 2. The lowest BCUT2D eigenvalue weighted by Gasteiger charge is -2.31. The van der Waals surface area contributed by atoms with Crippen LogP contribution in [-0.4, -0.2) is 57.7 Å². The maximum Gasteiger partial charge on any atom is 0.306 e. The Kier molecular flexibility index (Phi) is 9.22. The van der Waals surface area contributed by atoms with E-state index in [1.807, 2.05) is 11.8 Å². The van der Waals surface area contributed by atoms with Crippen molar-refractivity contribution in [1.29, 1.82) is 0 Å². The van der Waals surface area contributed by atoms with E-state index >= 15 is 0 Å². The number of hydrogen-bond acceptors (Lipinski definition) is 8. The summed E-state index contributed by atoms with van der Waals surface area (Å²) in [4.78, 5) is 25.4. The monoisotopic (exact) mass is 704 g/mol. The van der Waals surface area contributed by atoms with Crippen molar-refractivity contribution in [3.05, 3.63) is 0 Å². The first-order chi connectivity index (χ1) is 22.4. The number of thiol groups is 2. The summed E-state index contributed by atoms with van der Waals surface area (Å²) in [5, 5.41) is 2.79. The van der Waals surface area contributed by atoms with Gasteiger partial charge in [0.1, 0.15) is 0 Å². The molecule has 9 fully saturated rings. The summed E-state index contributed by atoms with van der Waals surface area (Å²) in [5.41, 5.74) is 0. The van der Waals surface area contributed by atoms with Crippen LogP contribution in [0.2, 0.25) is 0 Å². The minimum absolute atomic E-state index is 0.0157. The van der Waals surface area contributed by atoms with E-state index in [4.69, 9.17) is 34.7 Å². The van der Waals surface area contributed by atoms with Crippen molar-refractivity contribution in [2.24, 2.45) is 82.9 Å². The quantitative estimate of drug-likeness (QED) is 0.158. The Balaban J connectivity index is 0.650. The maximum atomic E-state index is 12.7. The van der Waals surface area contributed by atoms with Gasteiger partial charge in [-0.05, 0) is 160 Å². The summed E-state index contributed by atoms with van der Waals surface area (Å²) in [7, 11) is 0. The van der Waals surface area contributed by atoms with Crippen LogP contribution in [-0.2, 0) is 19.1 Å². The average Bonchev–Trinajstić information content (AvgIpc) is 3.86. The van der Waals surface area contributed by atoms with E-state index in [-0.39, 0.29) is 11.9 Å². The molecular formula is C38H56O4S4. The zero-order chi connectivity index (χ0) is 31.1. The molecular weight excluding hydrogens is 649 g/mol. The van der Waals surface area contributed by atoms with Crippen LogP contribution in [0.1, 0.15) is 89.9 Å². The fraction of sp³-hybridized carbons (Fsp3) is 0.947. The van der Waals surface area contributed by atoms with E-state index < -0.39 is 0 Å². The molecule has 46 heavy (non-hydrogen) atoms. The van der Waals surface area contributed by atoms with Crippen LogP contribution in [0.25, 0.3) is 0 Å². The highest BCUT2D eigenvalue weighted by Crippen LogP contribution is 2.64. The Hall–Kier alpha value is 0.340. The van der Waals surface area contributed by atoms with Gasteiger partial charge in [-0.3, -0.25) is 9.59 Å². The van der Waals surface area contributed by atoms with E-state index in [1.54, 1.807) is 0 Å². The standard InChI is InChI=1S/C38H56O4S4/c39-37(2-4-46-36-12-22-10-34(36)31-14-24(43)13-28(22)31)41-17-19-5-26-20-7-23(27(8-20)30(26)6-19)18-42-38(40)1-3-45-25-15-29-21-9-33(32(29)16-25)35(44)11-21/h19-36,43-44H,1-18H2. The molecule has 0 amide bonds. The van der Waals surface area contributed by atoms with Crippen LogP contribution in [0, 0.1) is 82.9 Å². The molecule has 18 atom stereocenters. The first-order valence-corrected chi connectivity index (χ1v) is 22.4. The fourth-order valence-electron chi connectivity index (χ4n) is 14.1. The van der Waals surface area contributed by atoms with Crippen LogP contribution in [0.3, 0.4) is 0 Å². The van der Waals surface area contributed by atoms with Gasteiger partial charge >= 0.3 is 11.9 Å². The lowest BCUT2D eigenvalue weighted by atomic mass is 9.76. The van der Waals surface area contributed by atoms with Gasteiger partial charge in [0.25, 0.3) is 0 Å². The summed E-state index contributed by atoms with van der Waals surface area (Å²) in [6.07, 6.45) is 17.1. The van der Waals surface area contributed by atoms with Crippen molar-refractivity contribution in [3.63, 3.8) is 0 Å². The van der Waals surface area contributed by atoms with Crippen molar-refractivity contribution >= 4 is 60.7 Å². The predicted octanol–water partition coefficient (Wildman–Crippen LogP) is 8.08. The molecule has 0 aromatic rings. The van der Waals surface area contributed by atoms with Gasteiger partial charge in [-0.25, -0.2) is 0 Å². The molecule has 0 aromatic heterocycles. The Labute approximate surface area is 296 Å². The van der Waals surface area contributed by atoms with Crippen LogP contribution in [0.15, 0.2) is 0 Å². The lowest BCUT2D eigenvalue weighted by molar-refractivity contribution is -0.145. The van der Waals surface area contributed by atoms with E-state index in [9.17, 15) is 9.59 Å². The van der Waals surface area contributed by atoms with Crippen molar-refractivity contribution in [2.45, 2.75) is 111 Å². The average molecular weight is 705 g/mol. The molecule has 0 heterocycles. The van der Waals surface area contributed by atoms with Crippen molar-refractivity contribution < 1.29 is 19.1 Å². The molecule has 0 radical (unpaired) electrons. The van der Waals surface area contributed by atoms with Crippen molar-refractivity contribution in [3.8, 4) is 0 Å². The summed E-state index contributed by atoms with van der Waals surface area (Å²) < 4.78 is 11.8. The molecule has 8 heteroatoms. The number of fused-ring (bicyclic) bond motifs is 15. The Bertz CT molecular complexity index is 1170. The van der Waals surface area contributed by atoms with Gasteiger partial charge in [-0.2, -0.15) is 48.8 Å². The number of ether oxygens (including phenoxy) is 2. The zero-order valence-electron chi connectivity index (χ0n) is 27.5. The van der Waals surface area contributed by atoms with Crippen molar-refractivity contribution in [1.82, 2.24) is 0 Å². The lowest BCUT2D eigenvalue weighted by Crippen LogP contribution is -2.28. The molecule has 0 N–H and O–H groups in total. The molecule has 18 unspecified atom stereocenters. The normalized spacial score (nSPS) is 52.0. The van der Waals surface area contributed by atoms with Crippen LogP contribution >= 0.6 is 48.8 Å². The number of hydrogen-bond donors (Lipinski definition) is 2. The third-order valence-corrected chi connectivity index (χ3v) is 19.4. The van der Waals surface area contributed by atoms with Gasteiger partial charge in [0.05, 0.1) is 26.1 Å². The molecule has 0 aromatic carbocycles. The van der Waals surface area contributed by atoms with Crippen molar-refractivity contribution in [2.75, 3.05) is 24.7 Å². The van der Waals surface area contributed by atoms with Gasteiger partial charge in [-0.1, -0.05) is 0 Å². The van der Waals surface area contributed by atoms with Gasteiger partial charge in [0, 0.05) is 32.5 Å². The van der Waals surface area contributed by atoms with E-state index in [0.29, 0.717) is 54.3 Å². The molecule has 4 nitrogen and oxygen atoms in total. The second-order valence-electron chi connectivity index (χ2n) is 17.7. The summed E-state index contributed by atoms with van der Waals surface area (Å²) in [5.74, 6) is 13.3. The van der Waals surface area contributed by atoms with Gasteiger partial charge in [0.2, 0.25) is 0 Å². The van der Waals surface area contributed by atoms with E-state index in [1.165, 1.54) is 77.0 Å². The van der Waals surface area contributed by atoms with E-state index in [0.717, 1.165) is 87.1 Å². The number of esters is 2. The molecule has 9 aliphatic rings. The fourth-order valence-corrected chi connectivity index (χ4v) is 18.1. The Morgan fingerprint density at radius 3 is 2.00 bits per heavy atom. The van der Waals surface area contributed by atoms with Gasteiger partial charge in [-0.15, -0.1) is 0 Å². The Morgan fingerprint density at radius 1 is 0.543 bits per heavy atom. The molecule has 0 saturated heterocycles. The predicted molar refractivity (Wildman–Crippen MR) is 193 cm³/mol. The summed E-state index contributed by atoms with van der Waals surface area (Å²) in [6, 6.07) is 0. The third kappa shape index (κ3) is 5.95. The molecule has 9 rings (SSSR count). The first-order valence-electron chi connectivity index (χ1n) is 19.3. The molecule has 256 valence electrons. The summed E-state index contributed by atoms with van der Waals surface area (Å²) >= 11 is 13.8. The maximum absolute atomic E-state index is 12.7. The number of carbonyl (C=O) groups is 2. The summed E-state index contributed by atoms with van der Waals surface area (Å²) in [6.45, 7) is 1.25. The molecule has 9 saturated carbocycles. The topological polar surface area (TPSA) is 52.6 Å². The van der Waals surface area contributed by atoms with Crippen LogP contribution in [0.5, 0.6) is 0 Å². The Morgan fingerprint density at radius 2 is 1.13 bits per heavy atom.